The highest BCUT2D eigenvalue weighted by molar-refractivity contribution is 9.10. The molecule has 0 radical (unpaired) electrons. The van der Waals surface area contributed by atoms with Crippen molar-refractivity contribution in [2.24, 2.45) is 11.7 Å². The van der Waals surface area contributed by atoms with Crippen molar-refractivity contribution in [3.8, 4) is 0 Å². The number of rotatable bonds is 4. The summed E-state index contributed by atoms with van der Waals surface area (Å²) in [6.45, 7) is 3.02. The number of piperidine rings is 1. The van der Waals surface area contributed by atoms with Crippen molar-refractivity contribution in [3.05, 3.63) is 28.2 Å². The Morgan fingerprint density at radius 2 is 2.28 bits per heavy atom. The van der Waals surface area contributed by atoms with Gasteiger partial charge in [-0.3, -0.25) is 0 Å². The van der Waals surface area contributed by atoms with Crippen LogP contribution in [0.4, 0.5) is 5.69 Å². The highest BCUT2D eigenvalue weighted by Crippen LogP contribution is 2.28. The minimum Gasteiger partial charge on any atom is -0.396 e. The molecule has 1 heterocycles. The largest absolute Gasteiger partial charge is 0.396 e. The summed E-state index contributed by atoms with van der Waals surface area (Å²) >= 11 is 3.57. The summed E-state index contributed by atoms with van der Waals surface area (Å²) < 4.78 is 1.09. The summed E-state index contributed by atoms with van der Waals surface area (Å²) in [6, 6.07) is 6.40. The van der Waals surface area contributed by atoms with E-state index in [0.717, 1.165) is 29.5 Å². The number of hydrogen-bond acceptors (Lipinski definition) is 3. The molecule has 0 saturated carbocycles. The normalized spacial score (nSPS) is 20.2. The van der Waals surface area contributed by atoms with Gasteiger partial charge >= 0.3 is 0 Å². The van der Waals surface area contributed by atoms with Crippen LogP contribution < -0.4 is 10.6 Å². The molecular weight excluding hydrogens is 292 g/mol. The molecule has 1 aliphatic heterocycles. The van der Waals surface area contributed by atoms with E-state index >= 15 is 0 Å². The SMILES string of the molecule is NCc1ccc(N2CCCC(CCO)C2)cc1Br. The van der Waals surface area contributed by atoms with Crippen LogP contribution in [-0.4, -0.2) is 24.8 Å². The number of anilines is 1. The fraction of sp³-hybridized carbons (Fsp3) is 0.571. The summed E-state index contributed by atoms with van der Waals surface area (Å²) in [4.78, 5) is 2.41. The molecular formula is C14H21BrN2O. The summed E-state index contributed by atoms with van der Waals surface area (Å²) in [7, 11) is 0. The van der Waals surface area contributed by atoms with Crippen molar-refractivity contribution in [1.29, 1.82) is 0 Å². The van der Waals surface area contributed by atoms with E-state index in [9.17, 15) is 0 Å². The lowest BCUT2D eigenvalue weighted by atomic mass is 9.94. The topological polar surface area (TPSA) is 49.5 Å². The maximum absolute atomic E-state index is 9.05. The molecule has 1 aromatic rings. The van der Waals surface area contributed by atoms with Crippen molar-refractivity contribution < 1.29 is 5.11 Å². The van der Waals surface area contributed by atoms with Crippen molar-refractivity contribution in [2.45, 2.75) is 25.8 Å². The van der Waals surface area contributed by atoms with Gasteiger partial charge in [0.1, 0.15) is 0 Å². The first-order chi connectivity index (χ1) is 8.74. The van der Waals surface area contributed by atoms with Crippen LogP contribution in [0.1, 0.15) is 24.8 Å². The first-order valence-corrected chi connectivity index (χ1v) is 7.38. The Balaban J connectivity index is 2.08. The number of nitrogens with two attached hydrogens (primary N) is 1. The van der Waals surface area contributed by atoms with Gasteiger partial charge in [0.15, 0.2) is 0 Å². The highest BCUT2D eigenvalue weighted by Gasteiger charge is 2.20. The maximum atomic E-state index is 9.05. The molecule has 1 aromatic carbocycles. The molecule has 1 unspecified atom stereocenters. The third-order valence-electron chi connectivity index (χ3n) is 3.68. The van der Waals surface area contributed by atoms with Crippen LogP contribution in [0.2, 0.25) is 0 Å². The van der Waals surface area contributed by atoms with E-state index < -0.39 is 0 Å². The van der Waals surface area contributed by atoms with Crippen LogP contribution in [0.5, 0.6) is 0 Å². The molecule has 1 fully saturated rings. The molecule has 0 spiro atoms. The van der Waals surface area contributed by atoms with Gasteiger partial charge in [-0.1, -0.05) is 22.0 Å². The highest BCUT2D eigenvalue weighted by atomic mass is 79.9. The number of benzene rings is 1. The first-order valence-electron chi connectivity index (χ1n) is 6.59. The lowest BCUT2D eigenvalue weighted by molar-refractivity contribution is 0.244. The molecule has 0 bridgehead atoms. The van der Waals surface area contributed by atoms with Gasteiger partial charge in [-0.05, 0) is 42.9 Å². The number of aliphatic hydroxyl groups is 1. The quantitative estimate of drug-likeness (QED) is 0.898. The molecule has 0 aliphatic carbocycles. The molecule has 3 N–H and O–H groups in total. The van der Waals surface area contributed by atoms with Crippen molar-refractivity contribution in [3.63, 3.8) is 0 Å². The smallest absolute Gasteiger partial charge is 0.0434 e. The average molecular weight is 313 g/mol. The number of aliphatic hydroxyl groups excluding tert-OH is 1. The minimum atomic E-state index is 0.300. The van der Waals surface area contributed by atoms with Crippen molar-refractivity contribution in [1.82, 2.24) is 0 Å². The van der Waals surface area contributed by atoms with Crippen LogP contribution in [-0.2, 0) is 6.54 Å². The van der Waals surface area contributed by atoms with Gasteiger partial charge in [0, 0.05) is 36.4 Å². The molecule has 3 nitrogen and oxygen atoms in total. The van der Waals surface area contributed by atoms with Crippen LogP contribution >= 0.6 is 15.9 Å². The second-order valence-corrected chi connectivity index (χ2v) is 5.80. The van der Waals surface area contributed by atoms with E-state index in [2.05, 4.69) is 39.0 Å². The van der Waals surface area contributed by atoms with Gasteiger partial charge in [-0.25, -0.2) is 0 Å². The molecule has 0 aromatic heterocycles. The Morgan fingerprint density at radius 3 is 2.94 bits per heavy atom. The van der Waals surface area contributed by atoms with E-state index in [1.807, 2.05) is 0 Å². The molecule has 1 atom stereocenters. The van der Waals surface area contributed by atoms with Gasteiger partial charge in [0.05, 0.1) is 0 Å². The number of hydrogen-bond donors (Lipinski definition) is 2. The van der Waals surface area contributed by atoms with Crippen LogP contribution in [0.3, 0.4) is 0 Å². The molecule has 1 aliphatic rings. The van der Waals surface area contributed by atoms with Crippen molar-refractivity contribution >= 4 is 21.6 Å². The predicted molar refractivity (Wildman–Crippen MR) is 78.7 cm³/mol. The summed E-state index contributed by atoms with van der Waals surface area (Å²) in [5.41, 5.74) is 8.06. The molecule has 18 heavy (non-hydrogen) atoms. The summed E-state index contributed by atoms with van der Waals surface area (Å²) in [5, 5.41) is 9.05. The second-order valence-electron chi connectivity index (χ2n) is 4.95. The van der Waals surface area contributed by atoms with E-state index in [-0.39, 0.29) is 0 Å². The fourth-order valence-corrected chi connectivity index (χ4v) is 3.14. The Morgan fingerprint density at radius 1 is 1.44 bits per heavy atom. The lowest BCUT2D eigenvalue weighted by Gasteiger charge is -2.34. The maximum Gasteiger partial charge on any atom is 0.0434 e. The fourth-order valence-electron chi connectivity index (χ4n) is 2.62. The van der Waals surface area contributed by atoms with Crippen molar-refractivity contribution in [2.75, 3.05) is 24.6 Å². The Bertz CT molecular complexity index is 395. The minimum absolute atomic E-state index is 0.300. The molecule has 100 valence electrons. The van der Waals surface area contributed by atoms with Crippen LogP contribution in [0, 0.1) is 5.92 Å². The average Bonchev–Trinajstić information content (AvgIpc) is 2.39. The van der Waals surface area contributed by atoms with Crippen LogP contribution in [0.15, 0.2) is 22.7 Å². The van der Waals surface area contributed by atoms with E-state index in [4.69, 9.17) is 10.8 Å². The Hall–Kier alpha value is -0.580. The van der Waals surface area contributed by atoms with Gasteiger partial charge < -0.3 is 15.7 Å². The molecule has 2 rings (SSSR count). The standard InChI is InChI=1S/C14H21BrN2O/c15-14-8-13(4-3-12(14)9-16)17-6-1-2-11(10-17)5-7-18/h3-4,8,11,18H,1-2,5-7,9-10,16H2. The first kappa shape index (κ1) is 13.8. The van der Waals surface area contributed by atoms with E-state index in [0.29, 0.717) is 19.1 Å². The van der Waals surface area contributed by atoms with E-state index in [1.54, 1.807) is 0 Å². The molecule has 4 heteroatoms. The summed E-state index contributed by atoms with van der Waals surface area (Å²) in [6.07, 6.45) is 3.36. The number of halogens is 1. The van der Waals surface area contributed by atoms with Crippen LogP contribution in [0.25, 0.3) is 0 Å². The molecule has 1 saturated heterocycles. The summed E-state index contributed by atoms with van der Waals surface area (Å²) in [5.74, 6) is 0.622. The Kier molecular flexibility index (Phi) is 5.03. The number of nitrogens with zero attached hydrogens (tertiary/aromatic N) is 1. The van der Waals surface area contributed by atoms with E-state index in [1.165, 1.54) is 18.5 Å². The zero-order valence-corrected chi connectivity index (χ0v) is 12.2. The predicted octanol–water partition coefficient (Wildman–Crippen LogP) is 2.51. The molecule has 0 amide bonds. The third kappa shape index (κ3) is 3.25. The van der Waals surface area contributed by atoms with Gasteiger partial charge in [-0.2, -0.15) is 0 Å². The zero-order chi connectivity index (χ0) is 13.0. The second kappa shape index (κ2) is 6.55. The van der Waals surface area contributed by atoms with Gasteiger partial charge in [0.25, 0.3) is 0 Å². The Labute approximate surface area is 117 Å². The lowest BCUT2D eigenvalue weighted by Crippen LogP contribution is -2.35. The third-order valence-corrected chi connectivity index (χ3v) is 4.42. The monoisotopic (exact) mass is 312 g/mol. The van der Waals surface area contributed by atoms with Gasteiger partial charge in [-0.15, -0.1) is 0 Å². The zero-order valence-electron chi connectivity index (χ0n) is 10.6. The van der Waals surface area contributed by atoms with Gasteiger partial charge in [0.2, 0.25) is 0 Å².